The molecule has 4 aromatic rings. The summed E-state index contributed by atoms with van der Waals surface area (Å²) in [5.74, 6) is -4.14. The molecule has 0 radical (unpaired) electrons. The smallest absolute Gasteiger partial charge is 0.334 e. The topological polar surface area (TPSA) is 165 Å². The van der Waals surface area contributed by atoms with Gasteiger partial charge >= 0.3 is 5.97 Å². The summed E-state index contributed by atoms with van der Waals surface area (Å²) in [7, 11) is 0. The van der Waals surface area contributed by atoms with E-state index in [4.69, 9.17) is 9.84 Å². The van der Waals surface area contributed by atoms with E-state index in [-0.39, 0.29) is 12.3 Å². The molecule has 3 amide bonds. The highest BCUT2D eigenvalue weighted by atomic mass is 19.1. The van der Waals surface area contributed by atoms with Gasteiger partial charge in [0, 0.05) is 5.69 Å². The molecule has 5 rings (SSSR count). The number of carbonyl (C=O) groups excluding carboxylic acids is 3. The van der Waals surface area contributed by atoms with Gasteiger partial charge in [0.15, 0.2) is 12.7 Å². The molecule has 0 aromatic heterocycles. The highest BCUT2D eigenvalue weighted by molar-refractivity contribution is 6.03. The summed E-state index contributed by atoms with van der Waals surface area (Å²) in [6.45, 7) is -1.03. The molecule has 0 saturated carbocycles. The summed E-state index contributed by atoms with van der Waals surface area (Å²) >= 11 is 0. The van der Waals surface area contributed by atoms with Gasteiger partial charge in [0.25, 0.3) is 5.91 Å². The maximum absolute atomic E-state index is 13.7. The van der Waals surface area contributed by atoms with Crippen molar-refractivity contribution in [2.24, 2.45) is 5.92 Å². The number of ether oxygens (including phenoxy) is 1. The fourth-order valence-corrected chi connectivity index (χ4v) is 5.74. The molecule has 0 aliphatic carbocycles. The number of benzene rings is 4. The first-order valence-electron chi connectivity index (χ1n) is 15.8. The zero-order valence-electron chi connectivity index (χ0n) is 26.6. The number of amides is 3. The Hall–Kier alpha value is -5.66. The van der Waals surface area contributed by atoms with E-state index >= 15 is 0 Å². The van der Waals surface area contributed by atoms with Crippen molar-refractivity contribution in [2.75, 3.05) is 18.1 Å². The van der Waals surface area contributed by atoms with Crippen LogP contribution in [0.4, 0.5) is 14.5 Å². The van der Waals surface area contributed by atoms with E-state index in [1.807, 2.05) is 0 Å². The summed E-state index contributed by atoms with van der Waals surface area (Å²) in [5.41, 5.74) is 2.19. The van der Waals surface area contributed by atoms with Crippen LogP contribution >= 0.6 is 0 Å². The number of carboxylic acid groups (broad SMARTS) is 1. The van der Waals surface area contributed by atoms with Gasteiger partial charge in [-0.1, -0.05) is 54.6 Å². The molecule has 1 fully saturated rings. The Bertz CT molecular complexity index is 1790. The van der Waals surface area contributed by atoms with Crippen molar-refractivity contribution in [3.63, 3.8) is 0 Å². The molecule has 0 spiro atoms. The van der Waals surface area contributed by atoms with Crippen LogP contribution in [0, 0.1) is 17.6 Å². The molecule has 1 heterocycles. The number of β-lactam (4-membered cyclic amide) rings is 1. The maximum atomic E-state index is 13.7. The van der Waals surface area contributed by atoms with Crippen molar-refractivity contribution in [2.45, 2.75) is 37.1 Å². The van der Waals surface area contributed by atoms with Gasteiger partial charge in [0.05, 0.1) is 24.6 Å². The van der Waals surface area contributed by atoms with Gasteiger partial charge in [-0.3, -0.25) is 14.4 Å². The van der Waals surface area contributed by atoms with E-state index in [0.717, 1.165) is 5.56 Å². The minimum atomic E-state index is -1.82. The van der Waals surface area contributed by atoms with Crippen molar-refractivity contribution >= 4 is 29.4 Å². The number of hydrogen-bond donors (Lipinski definition) is 5. The minimum Gasteiger partial charge on any atom is -0.484 e. The number of nitrogens with one attached hydrogen (secondary N) is 2. The van der Waals surface area contributed by atoms with Crippen molar-refractivity contribution < 1.29 is 48.0 Å². The van der Waals surface area contributed by atoms with Crippen LogP contribution in [0.25, 0.3) is 0 Å². The number of anilines is 1. The van der Waals surface area contributed by atoms with E-state index in [2.05, 4.69) is 10.6 Å². The average molecular weight is 688 g/mol. The maximum Gasteiger partial charge on any atom is 0.334 e. The highest BCUT2D eigenvalue weighted by Gasteiger charge is 2.48. The van der Waals surface area contributed by atoms with Gasteiger partial charge in [0.2, 0.25) is 11.8 Å². The number of carboxylic acids is 1. The van der Waals surface area contributed by atoms with Gasteiger partial charge in [0.1, 0.15) is 23.4 Å². The zero-order chi connectivity index (χ0) is 35.8. The molecular weight excluding hydrogens is 652 g/mol. The summed E-state index contributed by atoms with van der Waals surface area (Å²) < 4.78 is 32.7. The molecule has 13 heteroatoms. The number of halogens is 2. The van der Waals surface area contributed by atoms with Crippen LogP contribution in [0.5, 0.6) is 5.75 Å². The van der Waals surface area contributed by atoms with Crippen LogP contribution in [-0.4, -0.2) is 58.3 Å². The van der Waals surface area contributed by atoms with Crippen LogP contribution in [0.1, 0.15) is 47.7 Å². The number of nitrogens with zero attached hydrogens (tertiary/aromatic N) is 1. The normalized spacial score (nSPS) is 17.2. The Morgan fingerprint density at radius 2 is 1.44 bits per heavy atom. The minimum absolute atomic E-state index is 0.195. The largest absolute Gasteiger partial charge is 0.484 e. The second-order valence-electron chi connectivity index (χ2n) is 11.7. The first kappa shape index (κ1) is 35.6. The fourth-order valence-electron chi connectivity index (χ4n) is 5.74. The third kappa shape index (κ3) is 8.67. The Kier molecular flexibility index (Phi) is 11.5. The Labute approximate surface area is 286 Å². The van der Waals surface area contributed by atoms with Crippen LogP contribution in [0.2, 0.25) is 0 Å². The first-order chi connectivity index (χ1) is 24.0. The lowest BCUT2D eigenvalue weighted by molar-refractivity contribution is -0.146. The third-order valence-electron chi connectivity index (χ3n) is 8.37. The fraction of sp³-hybridized carbons (Fsp3) is 0.243. The summed E-state index contributed by atoms with van der Waals surface area (Å²) in [4.78, 5) is 51.6. The molecule has 1 saturated heterocycles. The number of aliphatic hydroxyl groups excluding tert-OH is 2. The number of hydrogen-bond acceptors (Lipinski definition) is 7. The quantitative estimate of drug-likeness (QED) is 0.117. The van der Waals surface area contributed by atoms with E-state index in [0.29, 0.717) is 29.0 Å². The predicted octanol–water partition coefficient (Wildman–Crippen LogP) is 3.98. The van der Waals surface area contributed by atoms with Crippen LogP contribution in [0.3, 0.4) is 0 Å². The highest BCUT2D eigenvalue weighted by Crippen LogP contribution is 2.46. The SMILES string of the molecule is O=C(COc1ccc(C2C(CCC(O)c3ccc(F)cc3)C(=O)N2c2ccc(F)cc2)cc1)N[C@@H](C(=O)NC[C@H](O)C(=O)O)c1ccccc1. The van der Waals surface area contributed by atoms with Gasteiger partial charge in [-0.15, -0.1) is 0 Å². The second kappa shape index (κ2) is 16.2. The Balaban J connectivity index is 1.24. The standard InChI is InChI=1S/C37H35F2N3O8/c38-25-10-6-22(7-11-25)30(43)19-18-29-34(42(36(29)47)27-14-12-26(39)13-15-27)24-8-16-28(17-9-24)50-21-32(45)41-33(23-4-2-1-3-5-23)35(46)40-20-31(44)37(48)49/h1-17,29-31,33-34,43-44H,18-21H2,(H,40,46)(H,41,45)(H,48,49)/t29?,30?,31-,33+,34?/m0/s1. The molecule has 1 aliphatic rings. The monoisotopic (exact) mass is 687 g/mol. The van der Waals surface area contributed by atoms with E-state index in [9.17, 15) is 38.2 Å². The molecule has 0 bridgehead atoms. The van der Waals surface area contributed by atoms with E-state index in [1.54, 1.807) is 59.5 Å². The molecule has 11 nitrogen and oxygen atoms in total. The van der Waals surface area contributed by atoms with Crippen LogP contribution < -0.4 is 20.3 Å². The molecule has 260 valence electrons. The molecule has 5 atom stereocenters. The van der Waals surface area contributed by atoms with Gasteiger partial charge in [-0.2, -0.15) is 0 Å². The predicted molar refractivity (Wildman–Crippen MR) is 177 cm³/mol. The van der Waals surface area contributed by atoms with Gasteiger partial charge < -0.3 is 35.6 Å². The lowest BCUT2D eigenvalue weighted by Gasteiger charge is -2.48. The molecule has 5 N–H and O–H groups in total. The van der Waals surface area contributed by atoms with Crippen LogP contribution in [-0.2, 0) is 19.2 Å². The van der Waals surface area contributed by atoms with Gasteiger partial charge in [-0.25, -0.2) is 13.6 Å². The lowest BCUT2D eigenvalue weighted by atomic mass is 9.78. The zero-order valence-corrected chi connectivity index (χ0v) is 26.6. The Morgan fingerprint density at radius 1 is 0.820 bits per heavy atom. The third-order valence-corrected chi connectivity index (χ3v) is 8.37. The molecule has 3 unspecified atom stereocenters. The molecule has 4 aromatic carbocycles. The van der Waals surface area contributed by atoms with E-state index in [1.165, 1.54) is 48.5 Å². The second-order valence-corrected chi connectivity index (χ2v) is 11.7. The lowest BCUT2D eigenvalue weighted by Crippen LogP contribution is -2.55. The number of aliphatic hydroxyl groups is 2. The molecule has 1 aliphatic heterocycles. The first-order valence-corrected chi connectivity index (χ1v) is 15.8. The van der Waals surface area contributed by atoms with Crippen molar-refractivity contribution in [1.82, 2.24) is 10.6 Å². The number of aliphatic carboxylic acids is 1. The molecule has 50 heavy (non-hydrogen) atoms. The van der Waals surface area contributed by atoms with Crippen molar-refractivity contribution in [1.29, 1.82) is 0 Å². The van der Waals surface area contributed by atoms with Gasteiger partial charge in [-0.05, 0) is 78.1 Å². The Morgan fingerprint density at radius 3 is 2.06 bits per heavy atom. The summed E-state index contributed by atoms with van der Waals surface area (Å²) in [6, 6.07) is 24.4. The number of carbonyl (C=O) groups is 4. The summed E-state index contributed by atoms with van der Waals surface area (Å²) in [5, 5.41) is 34.0. The van der Waals surface area contributed by atoms with E-state index < -0.39 is 72.8 Å². The molecular formula is C37H35F2N3O8. The summed E-state index contributed by atoms with van der Waals surface area (Å²) in [6.07, 6.45) is -2.16. The van der Waals surface area contributed by atoms with Crippen LogP contribution in [0.15, 0.2) is 103 Å². The average Bonchev–Trinajstić information content (AvgIpc) is 3.12. The van der Waals surface area contributed by atoms with Crippen molar-refractivity contribution in [3.05, 3.63) is 131 Å². The number of rotatable bonds is 15. The van der Waals surface area contributed by atoms with Crippen molar-refractivity contribution in [3.8, 4) is 5.75 Å².